The van der Waals surface area contributed by atoms with Gasteiger partial charge < -0.3 is 10.2 Å². The average molecular weight is 394 g/mol. The molecule has 148 valence electrons. The van der Waals surface area contributed by atoms with Gasteiger partial charge in [0.25, 0.3) is 17.5 Å². The van der Waals surface area contributed by atoms with Crippen LogP contribution in [0.15, 0.2) is 48.5 Å². The standard InChI is InChI=1S/C19H18N6O4/c1-12-17(21-22-24(12)15-8-5-9-16(11-15)25(28)29)18(26)20-14-7-4-6-13(10-14)19(27)23(2)3/h4-11H,1-3H3,(H,20,26). The van der Waals surface area contributed by atoms with E-state index in [9.17, 15) is 19.7 Å². The Morgan fingerprint density at radius 1 is 1.14 bits per heavy atom. The van der Waals surface area contributed by atoms with Crippen LogP contribution >= 0.6 is 0 Å². The zero-order valence-electron chi connectivity index (χ0n) is 16.0. The van der Waals surface area contributed by atoms with Gasteiger partial charge in [-0.1, -0.05) is 17.3 Å². The smallest absolute Gasteiger partial charge is 0.278 e. The van der Waals surface area contributed by atoms with Crippen LogP contribution in [0.1, 0.15) is 26.5 Å². The van der Waals surface area contributed by atoms with Crippen LogP contribution in [0.5, 0.6) is 0 Å². The lowest BCUT2D eigenvalue weighted by atomic mass is 10.1. The highest BCUT2D eigenvalue weighted by Gasteiger charge is 2.19. The topological polar surface area (TPSA) is 123 Å². The molecule has 0 unspecified atom stereocenters. The van der Waals surface area contributed by atoms with Gasteiger partial charge in [-0.3, -0.25) is 19.7 Å². The third-order valence-corrected chi connectivity index (χ3v) is 4.17. The van der Waals surface area contributed by atoms with E-state index in [2.05, 4.69) is 15.6 Å². The maximum atomic E-state index is 12.6. The summed E-state index contributed by atoms with van der Waals surface area (Å²) in [7, 11) is 3.28. The number of amides is 2. The molecule has 1 heterocycles. The molecule has 0 bridgehead atoms. The molecule has 0 saturated heterocycles. The van der Waals surface area contributed by atoms with E-state index in [0.29, 0.717) is 22.6 Å². The Kier molecular flexibility index (Phi) is 5.35. The fourth-order valence-electron chi connectivity index (χ4n) is 2.70. The highest BCUT2D eigenvalue weighted by Crippen LogP contribution is 2.19. The fraction of sp³-hybridized carbons (Fsp3) is 0.158. The van der Waals surface area contributed by atoms with E-state index >= 15 is 0 Å². The van der Waals surface area contributed by atoms with Gasteiger partial charge in [-0.15, -0.1) is 5.10 Å². The van der Waals surface area contributed by atoms with E-state index in [-0.39, 0.29) is 17.3 Å². The van der Waals surface area contributed by atoms with Crippen molar-refractivity contribution in [3.05, 3.63) is 75.6 Å². The Bertz CT molecular complexity index is 1110. The van der Waals surface area contributed by atoms with Crippen LogP contribution in [0.4, 0.5) is 11.4 Å². The Hall–Kier alpha value is -4.08. The minimum atomic E-state index is -0.509. The van der Waals surface area contributed by atoms with Crippen molar-refractivity contribution >= 4 is 23.2 Å². The summed E-state index contributed by atoms with van der Waals surface area (Å²) in [6, 6.07) is 12.4. The van der Waals surface area contributed by atoms with Gasteiger partial charge in [-0.2, -0.15) is 0 Å². The molecular formula is C19H18N6O4. The number of hydrogen-bond acceptors (Lipinski definition) is 6. The van der Waals surface area contributed by atoms with Crippen LogP contribution in [0, 0.1) is 17.0 Å². The van der Waals surface area contributed by atoms with E-state index in [0.717, 1.165) is 0 Å². The molecule has 10 heteroatoms. The van der Waals surface area contributed by atoms with Crippen LogP contribution in [0.3, 0.4) is 0 Å². The lowest BCUT2D eigenvalue weighted by molar-refractivity contribution is -0.384. The third kappa shape index (κ3) is 4.10. The number of non-ortho nitro benzene ring substituents is 1. The van der Waals surface area contributed by atoms with Crippen LogP contribution in [-0.2, 0) is 0 Å². The Morgan fingerprint density at radius 2 is 1.86 bits per heavy atom. The van der Waals surface area contributed by atoms with E-state index in [1.165, 1.54) is 27.8 Å². The first-order chi connectivity index (χ1) is 13.8. The number of carbonyl (C=O) groups is 2. The van der Waals surface area contributed by atoms with Crippen LogP contribution in [-0.4, -0.2) is 50.7 Å². The van der Waals surface area contributed by atoms with Crippen LogP contribution < -0.4 is 5.32 Å². The van der Waals surface area contributed by atoms with Crippen molar-refractivity contribution in [2.45, 2.75) is 6.92 Å². The van der Waals surface area contributed by atoms with Crippen molar-refractivity contribution in [3.8, 4) is 5.69 Å². The predicted molar refractivity (Wildman–Crippen MR) is 105 cm³/mol. The molecule has 0 aliphatic heterocycles. The summed E-state index contributed by atoms with van der Waals surface area (Å²) >= 11 is 0. The molecule has 0 radical (unpaired) electrons. The molecule has 3 aromatic rings. The summed E-state index contributed by atoms with van der Waals surface area (Å²) in [6.07, 6.45) is 0. The zero-order valence-corrected chi connectivity index (χ0v) is 16.0. The fourth-order valence-corrected chi connectivity index (χ4v) is 2.70. The highest BCUT2D eigenvalue weighted by atomic mass is 16.6. The van der Waals surface area contributed by atoms with Gasteiger partial charge in [0.05, 0.1) is 16.3 Å². The summed E-state index contributed by atoms with van der Waals surface area (Å²) in [5, 5.41) is 21.5. The molecule has 2 aromatic carbocycles. The molecule has 10 nitrogen and oxygen atoms in total. The van der Waals surface area contributed by atoms with Gasteiger partial charge in [0.2, 0.25) is 0 Å². The summed E-state index contributed by atoms with van der Waals surface area (Å²) in [4.78, 5) is 36.6. The van der Waals surface area contributed by atoms with Crippen LogP contribution in [0.2, 0.25) is 0 Å². The number of aromatic nitrogens is 3. The summed E-state index contributed by atoms with van der Waals surface area (Å²) in [6.45, 7) is 1.64. The second kappa shape index (κ2) is 7.89. The predicted octanol–water partition coefficient (Wildman–Crippen LogP) is 2.44. The second-order valence-corrected chi connectivity index (χ2v) is 6.45. The molecule has 0 fully saturated rings. The van der Waals surface area contributed by atoms with Gasteiger partial charge in [0.1, 0.15) is 0 Å². The monoisotopic (exact) mass is 394 g/mol. The highest BCUT2D eigenvalue weighted by molar-refractivity contribution is 6.04. The maximum Gasteiger partial charge on any atom is 0.278 e. The largest absolute Gasteiger partial charge is 0.345 e. The van der Waals surface area contributed by atoms with E-state index in [1.807, 2.05) is 0 Å². The van der Waals surface area contributed by atoms with Gasteiger partial charge in [-0.25, -0.2) is 4.68 Å². The lowest BCUT2D eigenvalue weighted by Gasteiger charge is -2.11. The van der Waals surface area contributed by atoms with E-state index in [4.69, 9.17) is 0 Å². The summed E-state index contributed by atoms with van der Waals surface area (Å²) in [5.74, 6) is -0.692. The minimum Gasteiger partial charge on any atom is -0.345 e. The average Bonchev–Trinajstić information content (AvgIpc) is 3.09. The van der Waals surface area contributed by atoms with Gasteiger partial charge in [0, 0.05) is 37.5 Å². The molecular weight excluding hydrogens is 376 g/mol. The first-order valence-corrected chi connectivity index (χ1v) is 8.58. The number of nitro groups is 1. The molecule has 1 N–H and O–H groups in total. The first kappa shape index (κ1) is 19.7. The second-order valence-electron chi connectivity index (χ2n) is 6.45. The van der Waals surface area contributed by atoms with Gasteiger partial charge in [-0.05, 0) is 31.2 Å². The van der Waals surface area contributed by atoms with Crippen molar-refractivity contribution in [1.29, 1.82) is 0 Å². The van der Waals surface area contributed by atoms with Gasteiger partial charge in [0.15, 0.2) is 5.69 Å². The molecule has 0 aliphatic rings. The molecule has 2 amide bonds. The van der Waals surface area contributed by atoms with Crippen molar-refractivity contribution < 1.29 is 14.5 Å². The first-order valence-electron chi connectivity index (χ1n) is 8.58. The molecule has 3 rings (SSSR count). The van der Waals surface area contributed by atoms with Gasteiger partial charge >= 0.3 is 0 Å². The number of anilines is 1. The van der Waals surface area contributed by atoms with Crippen LogP contribution in [0.25, 0.3) is 5.69 Å². The molecule has 0 saturated carbocycles. The summed E-state index contributed by atoms with van der Waals surface area (Å²) < 4.78 is 1.36. The number of carbonyl (C=O) groups excluding carboxylic acids is 2. The normalized spacial score (nSPS) is 10.4. The number of nitrogens with one attached hydrogen (secondary N) is 1. The molecule has 0 atom stereocenters. The number of rotatable bonds is 5. The number of nitro benzene ring substituents is 1. The third-order valence-electron chi connectivity index (χ3n) is 4.17. The van der Waals surface area contributed by atoms with Crippen molar-refractivity contribution in [2.75, 3.05) is 19.4 Å². The minimum absolute atomic E-state index is 0.0702. The quantitative estimate of drug-likeness (QED) is 0.524. The number of benzene rings is 2. The molecule has 1 aromatic heterocycles. The summed E-state index contributed by atoms with van der Waals surface area (Å²) in [5.41, 5.74) is 1.69. The molecule has 0 aliphatic carbocycles. The number of nitrogens with zero attached hydrogens (tertiary/aromatic N) is 5. The van der Waals surface area contributed by atoms with E-state index < -0.39 is 10.8 Å². The zero-order chi connectivity index (χ0) is 21.1. The maximum absolute atomic E-state index is 12.6. The SMILES string of the molecule is Cc1c(C(=O)Nc2cccc(C(=O)N(C)C)c2)nnn1-c1cccc([N+](=O)[O-])c1. The Labute approximate surface area is 165 Å². The van der Waals surface area contributed by atoms with E-state index in [1.54, 1.807) is 51.4 Å². The number of hydrogen-bond donors (Lipinski definition) is 1. The lowest BCUT2D eigenvalue weighted by Crippen LogP contribution is -2.22. The molecule has 0 spiro atoms. The van der Waals surface area contributed by atoms with Crippen molar-refractivity contribution in [2.24, 2.45) is 0 Å². The Morgan fingerprint density at radius 3 is 2.55 bits per heavy atom. The van der Waals surface area contributed by atoms with Crippen molar-refractivity contribution in [1.82, 2.24) is 19.9 Å². The van der Waals surface area contributed by atoms with Crippen molar-refractivity contribution in [3.63, 3.8) is 0 Å². The molecule has 29 heavy (non-hydrogen) atoms. The Balaban J connectivity index is 1.85.